The molecule has 0 unspecified atom stereocenters. The van der Waals surface area contributed by atoms with E-state index in [9.17, 15) is 4.79 Å². The van der Waals surface area contributed by atoms with Gasteiger partial charge in [-0.05, 0) is 0 Å². The standard InChI is InChI=1S/C6H6N4O/c1-10-5(6(8)11)4(2-7)3-9-10/h3H,1H3,(H2,8,11). The first-order chi connectivity index (χ1) is 5.16. The second-order valence-corrected chi connectivity index (χ2v) is 2.01. The third-order valence-corrected chi connectivity index (χ3v) is 1.29. The lowest BCUT2D eigenvalue weighted by molar-refractivity contribution is 0.0991. The Bertz CT molecular complexity index is 333. The molecule has 11 heavy (non-hydrogen) atoms. The average molecular weight is 150 g/mol. The Hall–Kier alpha value is -1.83. The summed E-state index contributed by atoms with van der Waals surface area (Å²) in [5.41, 5.74) is 5.34. The van der Waals surface area contributed by atoms with Crippen molar-refractivity contribution >= 4 is 5.91 Å². The van der Waals surface area contributed by atoms with Crippen LogP contribution in [-0.2, 0) is 7.05 Å². The number of nitrogens with two attached hydrogens (primary N) is 1. The zero-order valence-electron chi connectivity index (χ0n) is 5.90. The van der Waals surface area contributed by atoms with E-state index in [2.05, 4.69) is 5.10 Å². The first kappa shape index (κ1) is 7.28. The van der Waals surface area contributed by atoms with Crippen LogP contribution in [0.5, 0.6) is 0 Å². The maximum atomic E-state index is 10.7. The summed E-state index contributed by atoms with van der Waals surface area (Å²) < 4.78 is 1.28. The summed E-state index contributed by atoms with van der Waals surface area (Å²) >= 11 is 0. The van der Waals surface area contributed by atoms with Gasteiger partial charge in [0.1, 0.15) is 17.3 Å². The first-order valence-corrected chi connectivity index (χ1v) is 2.88. The van der Waals surface area contributed by atoms with Gasteiger partial charge in [-0.15, -0.1) is 0 Å². The van der Waals surface area contributed by atoms with Crippen LogP contribution in [0.3, 0.4) is 0 Å². The minimum Gasteiger partial charge on any atom is -0.364 e. The quantitative estimate of drug-likeness (QED) is 0.579. The summed E-state index contributed by atoms with van der Waals surface area (Å²) in [6.07, 6.45) is 1.31. The fourth-order valence-electron chi connectivity index (χ4n) is 0.812. The smallest absolute Gasteiger partial charge is 0.268 e. The molecule has 1 aromatic rings. The highest BCUT2D eigenvalue weighted by molar-refractivity contribution is 5.93. The van der Waals surface area contributed by atoms with Gasteiger partial charge in [0.25, 0.3) is 5.91 Å². The lowest BCUT2D eigenvalue weighted by Gasteiger charge is -1.94. The number of rotatable bonds is 1. The molecule has 1 aromatic heterocycles. The van der Waals surface area contributed by atoms with Gasteiger partial charge >= 0.3 is 0 Å². The van der Waals surface area contributed by atoms with E-state index < -0.39 is 5.91 Å². The van der Waals surface area contributed by atoms with Crippen molar-refractivity contribution in [2.24, 2.45) is 12.8 Å². The second-order valence-electron chi connectivity index (χ2n) is 2.01. The topological polar surface area (TPSA) is 84.7 Å². The molecule has 56 valence electrons. The summed E-state index contributed by atoms with van der Waals surface area (Å²) in [6, 6.07) is 1.81. The largest absolute Gasteiger partial charge is 0.364 e. The number of amides is 1. The Morgan fingerprint density at radius 2 is 2.55 bits per heavy atom. The number of nitriles is 1. The number of nitrogens with zero attached hydrogens (tertiary/aromatic N) is 3. The van der Waals surface area contributed by atoms with E-state index in [0.29, 0.717) is 0 Å². The number of aryl methyl sites for hydroxylation is 1. The predicted octanol–water partition coefficient (Wildman–Crippen LogP) is -0.609. The van der Waals surface area contributed by atoms with Gasteiger partial charge in [-0.2, -0.15) is 10.4 Å². The molecule has 0 saturated carbocycles. The van der Waals surface area contributed by atoms with Crippen molar-refractivity contribution in [2.75, 3.05) is 0 Å². The number of hydrogen-bond donors (Lipinski definition) is 1. The SMILES string of the molecule is Cn1ncc(C#N)c1C(N)=O. The fraction of sp³-hybridized carbons (Fsp3) is 0.167. The summed E-state index contributed by atoms with van der Waals surface area (Å²) in [7, 11) is 1.56. The summed E-state index contributed by atoms with van der Waals surface area (Å²) in [5, 5.41) is 12.2. The Morgan fingerprint density at radius 1 is 1.91 bits per heavy atom. The van der Waals surface area contributed by atoms with Crippen LogP contribution in [0.15, 0.2) is 6.20 Å². The maximum absolute atomic E-state index is 10.7. The first-order valence-electron chi connectivity index (χ1n) is 2.88. The monoisotopic (exact) mass is 150 g/mol. The minimum absolute atomic E-state index is 0.146. The molecule has 0 radical (unpaired) electrons. The number of carbonyl (C=O) groups excluding carboxylic acids is 1. The lowest BCUT2D eigenvalue weighted by Crippen LogP contribution is -2.17. The molecule has 0 spiro atoms. The summed E-state index contributed by atoms with van der Waals surface area (Å²) in [5.74, 6) is -0.637. The molecular formula is C6H6N4O. The molecule has 1 amide bonds. The molecule has 5 nitrogen and oxygen atoms in total. The van der Waals surface area contributed by atoms with Crippen molar-refractivity contribution < 1.29 is 4.79 Å². The number of primary amides is 1. The van der Waals surface area contributed by atoms with Crippen molar-refractivity contribution in [3.05, 3.63) is 17.5 Å². The Kier molecular flexibility index (Phi) is 1.60. The van der Waals surface area contributed by atoms with E-state index in [0.717, 1.165) is 0 Å². The molecule has 0 aliphatic heterocycles. The average Bonchev–Trinajstić information content (AvgIpc) is 2.30. The second kappa shape index (κ2) is 2.42. The van der Waals surface area contributed by atoms with E-state index in [4.69, 9.17) is 11.0 Å². The highest BCUT2D eigenvalue weighted by atomic mass is 16.1. The van der Waals surface area contributed by atoms with Crippen molar-refractivity contribution in [3.63, 3.8) is 0 Å². The van der Waals surface area contributed by atoms with Gasteiger partial charge in [-0.1, -0.05) is 0 Å². The third-order valence-electron chi connectivity index (χ3n) is 1.29. The fourth-order valence-corrected chi connectivity index (χ4v) is 0.812. The molecule has 1 rings (SSSR count). The number of hydrogen-bond acceptors (Lipinski definition) is 3. The molecule has 0 aromatic carbocycles. The van der Waals surface area contributed by atoms with E-state index in [1.54, 1.807) is 7.05 Å². The van der Waals surface area contributed by atoms with Crippen molar-refractivity contribution in [3.8, 4) is 6.07 Å². The molecule has 1 heterocycles. The maximum Gasteiger partial charge on any atom is 0.268 e. The molecule has 0 bridgehead atoms. The van der Waals surface area contributed by atoms with E-state index in [1.807, 2.05) is 6.07 Å². The van der Waals surface area contributed by atoms with Gasteiger partial charge < -0.3 is 5.73 Å². The van der Waals surface area contributed by atoms with Gasteiger partial charge in [-0.3, -0.25) is 9.48 Å². The van der Waals surface area contributed by atoms with Gasteiger partial charge in [0.2, 0.25) is 0 Å². The Labute approximate surface area is 63.0 Å². The number of carbonyl (C=O) groups is 1. The van der Waals surface area contributed by atoms with Crippen LogP contribution in [0, 0.1) is 11.3 Å². The molecular weight excluding hydrogens is 144 g/mol. The third kappa shape index (κ3) is 1.05. The summed E-state index contributed by atoms with van der Waals surface area (Å²) in [6.45, 7) is 0. The zero-order chi connectivity index (χ0) is 8.43. The van der Waals surface area contributed by atoms with Crippen LogP contribution in [0.1, 0.15) is 16.1 Å². The van der Waals surface area contributed by atoms with Gasteiger partial charge in [-0.25, -0.2) is 0 Å². The highest BCUT2D eigenvalue weighted by Gasteiger charge is 2.12. The van der Waals surface area contributed by atoms with Gasteiger partial charge in [0, 0.05) is 7.05 Å². The molecule has 0 aliphatic carbocycles. The molecule has 0 aliphatic rings. The predicted molar refractivity (Wildman–Crippen MR) is 36.4 cm³/mol. The van der Waals surface area contributed by atoms with Crippen LogP contribution < -0.4 is 5.73 Å². The molecule has 0 atom stereocenters. The molecule has 5 heteroatoms. The molecule has 2 N–H and O–H groups in total. The molecule has 0 fully saturated rings. The zero-order valence-corrected chi connectivity index (χ0v) is 5.90. The summed E-state index contributed by atoms with van der Waals surface area (Å²) in [4.78, 5) is 10.7. The van der Waals surface area contributed by atoms with Crippen molar-refractivity contribution in [1.82, 2.24) is 9.78 Å². The van der Waals surface area contributed by atoms with Gasteiger partial charge in [0.15, 0.2) is 0 Å². The molecule has 0 saturated heterocycles. The van der Waals surface area contributed by atoms with Crippen LogP contribution >= 0.6 is 0 Å². The highest BCUT2D eigenvalue weighted by Crippen LogP contribution is 2.03. The van der Waals surface area contributed by atoms with E-state index >= 15 is 0 Å². The van der Waals surface area contributed by atoms with Crippen LogP contribution in [0.25, 0.3) is 0 Å². The number of aromatic nitrogens is 2. The van der Waals surface area contributed by atoms with Gasteiger partial charge in [0.05, 0.1) is 6.20 Å². The lowest BCUT2D eigenvalue weighted by atomic mass is 10.2. The van der Waals surface area contributed by atoms with E-state index in [1.165, 1.54) is 10.9 Å². The Morgan fingerprint density at radius 3 is 2.91 bits per heavy atom. The van der Waals surface area contributed by atoms with Crippen molar-refractivity contribution in [2.45, 2.75) is 0 Å². The van der Waals surface area contributed by atoms with Crippen LogP contribution in [0.4, 0.5) is 0 Å². The van der Waals surface area contributed by atoms with Crippen LogP contribution in [0.2, 0.25) is 0 Å². The minimum atomic E-state index is -0.637. The van der Waals surface area contributed by atoms with E-state index in [-0.39, 0.29) is 11.3 Å². The van der Waals surface area contributed by atoms with Crippen LogP contribution in [-0.4, -0.2) is 15.7 Å². The normalized spacial score (nSPS) is 9.09. The Balaban J connectivity index is 3.32. The van der Waals surface area contributed by atoms with Crippen molar-refractivity contribution in [1.29, 1.82) is 5.26 Å².